The number of nitrogens with zero attached hydrogens (tertiary/aromatic N) is 4. The van der Waals surface area contributed by atoms with Crippen molar-refractivity contribution < 1.29 is 9.59 Å². The summed E-state index contributed by atoms with van der Waals surface area (Å²) in [6.07, 6.45) is 4.86. The molecule has 2 aliphatic rings. The molecule has 3 heterocycles. The molecule has 0 radical (unpaired) electrons. The Kier molecular flexibility index (Phi) is 7.49. The number of likely N-dealkylation sites (tertiary alicyclic amines) is 1. The lowest BCUT2D eigenvalue weighted by Crippen LogP contribution is -2.38. The maximum atomic E-state index is 12.9. The summed E-state index contributed by atoms with van der Waals surface area (Å²) >= 11 is 0. The number of nitrogens with one attached hydrogen (secondary N) is 1. The minimum absolute atomic E-state index is 0.0507. The van der Waals surface area contributed by atoms with Crippen LogP contribution in [0.15, 0.2) is 60.8 Å². The lowest BCUT2D eigenvalue weighted by molar-refractivity contribution is -0.131. The fourth-order valence-electron chi connectivity index (χ4n) is 5.65. The number of aromatic nitrogens is 2. The van der Waals surface area contributed by atoms with Gasteiger partial charge in [-0.1, -0.05) is 41.5 Å². The first-order valence-electron chi connectivity index (χ1n) is 13.2. The molecule has 1 N–H and O–H groups in total. The van der Waals surface area contributed by atoms with Gasteiger partial charge in [-0.3, -0.25) is 9.59 Å². The van der Waals surface area contributed by atoms with Gasteiger partial charge in [-0.2, -0.15) is 5.10 Å². The Bertz CT molecular complexity index is 1220. The Balaban J connectivity index is 1.10. The molecular weight excluding hydrogens is 462 g/mol. The average Bonchev–Trinajstić information content (AvgIpc) is 3.40. The highest BCUT2D eigenvalue weighted by Crippen LogP contribution is 2.30. The number of rotatable bonds is 6. The molecule has 0 aliphatic carbocycles. The highest BCUT2D eigenvalue weighted by atomic mass is 16.2. The van der Waals surface area contributed by atoms with Crippen LogP contribution in [0.3, 0.4) is 0 Å². The van der Waals surface area contributed by atoms with E-state index in [1.807, 2.05) is 29.2 Å². The number of hydrogen-bond acceptors (Lipinski definition) is 5. The van der Waals surface area contributed by atoms with E-state index < -0.39 is 0 Å². The van der Waals surface area contributed by atoms with Gasteiger partial charge in [0.1, 0.15) is 0 Å². The number of piperidine rings is 1. The summed E-state index contributed by atoms with van der Waals surface area (Å²) in [5, 5.41) is 11.2. The number of anilines is 2. The van der Waals surface area contributed by atoms with Crippen molar-refractivity contribution in [1.82, 2.24) is 15.1 Å². The zero-order chi connectivity index (χ0) is 25.8. The Hall–Kier alpha value is -3.74. The number of hydrogen-bond donors (Lipinski definition) is 1. The normalized spacial score (nSPS) is 18.2. The predicted octanol–water partition coefficient (Wildman–Crippen LogP) is 4.51. The minimum Gasteiger partial charge on any atom is -0.354 e. The maximum absolute atomic E-state index is 12.9. The number of aryl methyl sites for hydroxylation is 2. The lowest BCUT2D eigenvalue weighted by Gasteiger charge is -2.32. The Morgan fingerprint density at radius 1 is 0.946 bits per heavy atom. The molecule has 0 spiro atoms. The Labute approximate surface area is 218 Å². The molecule has 2 amide bonds. The van der Waals surface area contributed by atoms with Crippen molar-refractivity contribution in [2.24, 2.45) is 5.92 Å². The second kappa shape index (κ2) is 11.1. The van der Waals surface area contributed by atoms with Crippen molar-refractivity contribution in [3.8, 4) is 0 Å². The van der Waals surface area contributed by atoms with E-state index in [2.05, 4.69) is 64.6 Å². The van der Waals surface area contributed by atoms with Gasteiger partial charge in [0, 0.05) is 38.1 Å². The predicted molar refractivity (Wildman–Crippen MR) is 146 cm³/mol. The topological polar surface area (TPSA) is 78.4 Å². The molecule has 2 aromatic carbocycles. The lowest BCUT2D eigenvalue weighted by atomic mass is 9.89. The van der Waals surface area contributed by atoms with E-state index in [0.29, 0.717) is 18.9 Å². The molecule has 7 nitrogen and oxygen atoms in total. The summed E-state index contributed by atoms with van der Waals surface area (Å²) in [5.41, 5.74) is 5.60. The first-order valence-corrected chi connectivity index (χ1v) is 13.2. The van der Waals surface area contributed by atoms with Crippen molar-refractivity contribution in [2.75, 3.05) is 36.4 Å². The largest absolute Gasteiger partial charge is 0.354 e. The number of carbonyl (C=O) groups is 2. The molecule has 0 unspecified atom stereocenters. The van der Waals surface area contributed by atoms with E-state index in [1.165, 1.54) is 16.7 Å². The number of amides is 2. The van der Waals surface area contributed by atoms with Gasteiger partial charge in [-0.15, -0.1) is 5.10 Å². The second-order valence-corrected chi connectivity index (χ2v) is 10.5. The molecule has 5 rings (SSSR count). The molecule has 1 aromatic heterocycles. The molecular formula is C30H35N5O2. The third kappa shape index (κ3) is 6.16. The van der Waals surface area contributed by atoms with Gasteiger partial charge in [-0.05, 0) is 74.4 Å². The van der Waals surface area contributed by atoms with Crippen LogP contribution in [0.2, 0.25) is 0 Å². The summed E-state index contributed by atoms with van der Waals surface area (Å²) in [6, 6.07) is 18.4. The third-order valence-electron chi connectivity index (χ3n) is 7.58. The monoisotopic (exact) mass is 497 g/mol. The van der Waals surface area contributed by atoms with Gasteiger partial charge in [0.15, 0.2) is 5.82 Å². The molecule has 0 saturated carbocycles. The fraction of sp³-hybridized carbons (Fsp3) is 0.400. The van der Waals surface area contributed by atoms with Crippen LogP contribution in [0.5, 0.6) is 0 Å². The zero-order valence-electron chi connectivity index (χ0n) is 21.7. The first-order chi connectivity index (χ1) is 17.9. The van der Waals surface area contributed by atoms with Gasteiger partial charge >= 0.3 is 0 Å². The minimum atomic E-state index is -0.0627. The van der Waals surface area contributed by atoms with Crippen LogP contribution in [0.1, 0.15) is 47.4 Å². The van der Waals surface area contributed by atoms with Crippen molar-refractivity contribution in [3.63, 3.8) is 0 Å². The molecule has 7 heteroatoms. The Morgan fingerprint density at radius 3 is 2.35 bits per heavy atom. The van der Waals surface area contributed by atoms with E-state index in [0.717, 1.165) is 56.0 Å². The molecule has 2 saturated heterocycles. The van der Waals surface area contributed by atoms with E-state index in [9.17, 15) is 9.59 Å². The van der Waals surface area contributed by atoms with Crippen LogP contribution >= 0.6 is 0 Å². The van der Waals surface area contributed by atoms with Crippen LogP contribution < -0.4 is 10.2 Å². The fourth-order valence-corrected chi connectivity index (χ4v) is 5.65. The van der Waals surface area contributed by atoms with Crippen LogP contribution in [0, 0.1) is 19.8 Å². The highest BCUT2D eigenvalue weighted by Gasteiger charge is 2.29. The number of carbonyl (C=O) groups excluding carboxylic acids is 2. The quantitative estimate of drug-likeness (QED) is 0.542. The molecule has 1 atom stereocenters. The number of benzene rings is 2. The summed E-state index contributed by atoms with van der Waals surface area (Å²) in [7, 11) is 0. The summed E-state index contributed by atoms with van der Waals surface area (Å²) in [6.45, 7) is 7.19. The molecule has 37 heavy (non-hydrogen) atoms. The summed E-state index contributed by atoms with van der Waals surface area (Å²) in [5.74, 6) is 1.46. The average molecular weight is 498 g/mol. The smallest absolute Gasteiger partial charge is 0.229 e. The Morgan fingerprint density at radius 2 is 1.68 bits per heavy atom. The SMILES string of the molecule is Cc1cc(C)cc(CC(=O)N2CCC(c3ccc(NC(=O)[C@H]4CCN(c5cccnn5)C4)cc3)CC2)c1. The van der Waals surface area contributed by atoms with Crippen molar-refractivity contribution in [1.29, 1.82) is 0 Å². The molecule has 2 fully saturated rings. The molecule has 2 aliphatic heterocycles. The summed E-state index contributed by atoms with van der Waals surface area (Å²) < 4.78 is 0. The van der Waals surface area contributed by atoms with E-state index in [-0.39, 0.29) is 17.7 Å². The highest BCUT2D eigenvalue weighted by molar-refractivity contribution is 5.93. The second-order valence-electron chi connectivity index (χ2n) is 10.5. The van der Waals surface area contributed by atoms with Crippen molar-refractivity contribution in [2.45, 2.75) is 45.4 Å². The van der Waals surface area contributed by atoms with Crippen LogP contribution in [-0.2, 0) is 16.0 Å². The van der Waals surface area contributed by atoms with Gasteiger partial charge in [0.05, 0.1) is 12.3 Å². The van der Waals surface area contributed by atoms with Crippen LogP contribution in [0.25, 0.3) is 0 Å². The van der Waals surface area contributed by atoms with Crippen molar-refractivity contribution >= 4 is 23.3 Å². The molecule has 192 valence electrons. The van der Waals surface area contributed by atoms with E-state index in [1.54, 1.807) is 6.20 Å². The molecule has 3 aromatic rings. The zero-order valence-corrected chi connectivity index (χ0v) is 21.7. The summed E-state index contributed by atoms with van der Waals surface area (Å²) in [4.78, 5) is 29.8. The first kappa shape index (κ1) is 24.9. The van der Waals surface area contributed by atoms with Crippen LogP contribution in [-0.4, -0.2) is 53.1 Å². The van der Waals surface area contributed by atoms with Crippen LogP contribution in [0.4, 0.5) is 11.5 Å². The van der Waals surface area contributed by atoms with Gasteiger partial charge in [0.25, 0.3) is 0 Å². The van der Waals surface area contributed by atoms with E-state index in [4.69, 9.17) is 0 Å². The molecule has 0 bridgehead atoms. The third-order valence-corrected chi connectivity index (χ3v) is 7.58. The van der Waals surface area contributed by atoms with Gasteiger partial charge in [0.2, 0.25) is 11.8 Å². The van der Waals surface area contributed by atoms with Crippen molar-refractivity contribution in [3.05, 3.63) is 83.0 Å². The van der Waals surface area contributed by atoms with E-state index >= 15 is 0 Å². The maximum Gasteiger partial charge on any atom is 0.229 e. The van der Waals surface area contributed by atoms with Gasteiger partial charge < -0.3 is 15.1 Å². The standard InChI is InChI=1S/C30H35N5O2/c1-21-16-22(2)18-23(17-21)19-29(36)34-13-9-25(10-14-34)24-5-7-27(8-6-24)32-30(37)26-11-15-35(20-26)28-4-3-12-31-33-28/h3-8,12,16-18,25-26H,9-11,13-15,19-20H2,1-2H3,(H,32,37)/t26-/m0/s1. The van der Waals surface area contributed by atoms with Gasteiger partial charge in [-0.25, -0.2) is 0 Å².